The Morgan fingerprint density at radius 2 is 2.03 bits per heavy atom. The molecule has 0 saturated carbocycles. The molecular formula is C24H31N9O2. The number of fused-ring (bicyclic) bond motifs is 1. The minimum absolute atomic E-state index is 0.0877. The van der Waals surface area contributed by atoms with Gasteiger partial charge < -0.3 is 14.7 Å². The van der Waals surface area contributed by atoms with E-state index in [1.807, 2.05) is 57.0 Å². The normalized spacial score (nSPS) is 17.0. The van der Waals surface area contributed by atoms with Crippen molar-refractivity contribution < 1.29 is 9.32 Å². The van der Waals surface area contributed by atoms with Gasteiger partial charge in [-0.05, 0) is 31.2 Å². The van der Waals surface area contributed by atoms with Gasteiger partial charge in [0.05, 0.1) is 24.3 Å². The van der Waals surface area contributed by atoms with Crippen LogP contribution in [-0.2, 0) is 12.5 Å². The molecule has 1 amide bonds. The van der Waals surface area contributed by atoms with E-state index in [1.54, 1.807) is 10.9 Å². The predicted octanol–water partition coefficient (Wildman–Crippen LogP) is 2.85. The highest BCUT2D eigenvalue weighted by Crippen LogP contribution is 2.28. The number of anilines is 1. The first kappa shape index (κ1) is 23.0. The van der Waals surface area contributed by atoms with Gasteiger partial charge in [0, 0.05) is 43.9 Å². The van der Waals surface area contributed by atoms with Gasteiger partial charge in [-0.15, -0.1) is 0 Å². The molecule has 4 aromatic rings. The Labute approximate surface area is 203 Å². The van der Waals surface area contributed by atoms with Crippen molar-refractivity contribution >= 4 is 17.2 Å². The van der Waals surface area contributed by atoms with E-state index in [2.05, 4.69) is 30.6 Å². The summed E-state index contributed by atoms with van der Waals surface area (Å²) in [5.74, 6) is 1.54. The van der Waals surface area contributed by atoms with Gasteiger partial charge in [0.2, 0.25) is 5.89 Å². The van der Waals surface area contributed by atoms with Crippen molar-refractivity contribution in [2.24, 2.45) is 13.0 Å². The molecule has 4 aromatic heterocycles. The Morgan fingerprint density at radius 1 is 1.17 bits per heavy atom. The van der Waals surface area contributed by atoms with Gasteiger partial charge in [-0.25, -0.2) is 9.50 Å². The van der Waals surface area contributed by atoms with Crippen LogP contribution in [0, 0.1) is 5.92 Å². The van der Waals surface area contributed by atoms with Crippen molar-refractivity contribution in [2.75, 3.05) is 24.5 Å². The maximum Gasteiger partial charge on any atom is 0.292 e. The molecule has 1 aliphatic heterocycles. The first-order chi connectivity index (χ1) is 16.8. The summed E-state index contributed by atoms with van der Waals surface area (Å²) >= 11 is 0. The fraction of sp³-hybridized carbons (Fsp3) is 0.500. The molecule has 1 saturated heterocycles. The number of aryl methyl sites for hydroxylation is 1. The van der Waals surface area contributed by atoms with Crippen LogP contribution in [-0.4, -0.2) is 60.1 Å². The molecule has 0 aromatic carbocycles. The van der Waals surface area contributed by atoms with Crippen LogP contribution in [0.3, 0.4) is 0 Å². The second-order valence-corrected chi connectivity index (χ2v) is 10.2. The molecule has 1 atom stereocenters. The van der Waals surface area contributed by atoms with Gasteiger partial charge in [-0.2, -0.15) is 15.2 Å². The fourth-order valence-electron chi connectivity index (χ4n) is 4.35. The predicted molar refractivity (Wildman–Crippen MR) is 130 cm³/mol. The van der Waals surface area contributed by atoms with Gasteiger partial charge in [-0.3, -0.25) is 9.48 Å². The summed E-state index contributed by atoms with van der Waals surface area (Å²) < 4.78 is 8.90. The Kier molecular flexibility index (Phi) is 6.00. The zero-order chi connectivity index (χ0) is 24.6. The van der Waals surface area contributed by atoms with E-state index < -0.39 is 0 Å². The molecule has 184 valence electrons. The van der Waals surface area contributed by atoms with E-state index >= 15 is 0 Å². The summed E-state index contributed by atoms with van der Waals surface area (Å²) in [5.41, 5.74) is 2.49. The highest BCUT2D eigenvalue weighted by Gasteiger charge is 2.25. The fourth-order valence-corrected chi connectivity index (χ4v) is 4.35. The molecule has 1 fully saturated rings. The number of nitrogens with zero attached hydrogens (tertiary/aromatic N) is 8. The molecule has 1 N–H and O–H groups in total. The molecule has 0 bridgehead atoms. The first-order valence-corrected chi connectivity index (χ1v) is 12.0. The third-order valence-electron chi connectivity index (χ3n) is 6.34. The summed E-state index contributed by atoms with van der Waals surface area (Å²) in [4.78, 5) is 24.1. The minimum atomic E-state index is -0.294. The molecule has 1 unspecified atom stereocenters. The Morgan fingerprint density at radius 3 is 2.77 bits per heavy atom. The summed E-state index contributed by atoms with van der Waals surface area (Å²) in [7, 11) is 1.90. The molecule has 0 radical (unpaired) electrons. The molecule has 5 heterocycles. The van der Waals surface area contributed by atoms with Crippen molar-refractivity contribution in [1.29, 1.82) is 0 Å². The van der Waals surface area contributed by atoms with Crippen LogP contribution >= 0.6 is 0 Å². The van der Waals surface area contributed by atoms with Gasteiger partial charge in [0.15, 0.2) is 5.82 Å². The van der Waals surface area contributed by atoms with Crippen LogP contribution in [0.4, 0.5) is 5.82 Å². The average molecular weight is 478 g/mol. The standard InChI is InChI=1S/C24H31N9O2/c1-24(2,3)23-29-20(30-35-23)22(34)25-12-16-6-5-10-32(11-8-16)21-19-7-9-26-33(19)15-18(28-21)17-13-27-31(4)14-17/h7,9,13-16H,5-6,8,10-12H2,1-4H3,(H,25,34). The van der Waals surface area contributed by atoms with Crippen molar-refractivity contribution in [3.8, 4) is 11.3 Å². The number of rotatable bonds is 5. The summed E-state index contributed by atoms with van der Waals surface area (Å²) in [6, 6.07) is 1.99. The molecule has 0 spiro atoms. The lowest BCUT2D eigenvalue weighted by Crippen LogP contribution is -2.31. The van der Waals surface area contributed by atoms with Crippen LogP contribution in [0.25, 0.3) is 16.8 Å². The maximum atomic E-state index is 12.6. The zero-order valence-corrected chi connectivity index (χ0v) is 20.6. The van der Waals surface area contributed by atoms with Crippen molar-refractivity contribution in [3.05, 3.63) is 42.6 Å². The monoisotopic (exact) mass is 477 g/mol. The van der Waals surface area contributed by atoms with E-state index in [0.29, 0.717) is 18.4 Å². The SMILES string of the molecule is Cn1cc(-c2cn3nccc3c(N3CCCC(CNC(=O)c4noc(C(C)(C)C)n4)CC3)n2)cn1. The topological polar surface area (TPSA) is 119 Å². The molecule has 11 nitrogen and oxygen atoms in total. The van der Waals surface area contributed by atoms with Gasteiger partial charge in [-0.1, -0.05) is 25.9 Å². The van der Waals surface area contributed by atoms with Gasteiger partial charge in [0.1, 0.15) is 5.52 Å². The van der Waals surface area contributed by atoms with Crippen molar-refractivity contribution in [1.82, 2.24) is 39.8 Å². The van der Waals surface area contributed by atoms with Crippen LogP contribution < -0.4 is 10.2 Å². The van der Waals surface area contributed by atoms with Gasteiger partial charge >= 0.3 is 0 Å². The summed E-state index contributed by atoms with van der Waals surface area (Å²) in [6.45, 7) is 8.24. The summed E-state index contributed by atoms with van der Waals surface area (Å²) in [5, 5.41) is 15.6. The second kappa shape index (κ2) is 9.12. The first-order valence-electron chi connectivity index (χ1n) is 12.0. The third kappa shape index (κ3) is 4.89. The highest BCUT2D eigenvalue weighted by molar-refractivity contribution is 5.90. The van der Waals surface area contributed by atoms with Crippen molar-refractivity contribution in [2.45, 2.75) is 45.4 Å². The Balaban J connectivity index is 1.26. The molecule has 11 heteroatoms. The lowest BCUT2D eigenvalue weighted by atomic mass is 9.97. The minimum Gasteiger partial charge on any atom is -0.355 e. The van der Waals surface area contributed by atoms with E-state index in [1.165, 1.54) is 0 Å². The smallest absolute Gasteiger partial charge is 0.292 e. The maximum absolute atomic E-state index is 12.6. The molecular weight excluding hydrogens is 446 g/mol. The Bertz CT molecular complexity index is 1330. The lowest BCUT2D eigenvalue weighted by Gasteiger charge is -2.23. The summed E-state index contributed by atoms with van der Waals surface area (Å²) in [6.07, 6.45) is 10.5. The van der Waals surface area contributed by atoms with E-state index in [0.717, 1.165) is 54.9 Å². The highest BCUT2D eigenvalue weighted by atomic mass is 16.5. The molecule has 0 aliphatic carbocycles. The van der Waals surface area contributed by atoms with Crippen molar-refractivity contribution in [3.63, 3.8) is 0 Å². The van der Waals surface area contributed by atoms with Crippen LogP contribution in [0.2, 0.25) is 0 Å². The van der Waals surface area contributed by atoms with Crippen LogP contribution in [0.15, 0.2) is 35.4 Å². The largest absolute Gasteiger partial charge is 0.355 e. The zero-order valence-electron chi connectivity index (χ0n) is 20.6. The number of carbonyl (C=O) groups excluding carboxylic acids is 1. The number of nitrogens with one attached hydrogen (secondary N) is 1. The lowest BCUT2D eigenvalue weighted by molar-refractivity contribution is 0.0932. The molecule has 1 aliphatic rings. The third-order valence-corrected chi connectivity index (χ3v) is 6.34. The number of amides is 1. The number of carbonyl (C=O) groups is 1. The number of aromatic nitrogens is 7. The quantitative estimate of drug-likeness (QED) is 0.466. The van der Waals surface area contributed by atoms with E-state index in [9.17, 15) is 4.79 Å². The molecule has 35 heavy (non-hydrogen) atoms. The van der Waals surface area contributed by atoms with E-state index in [-0.39, 0.29) is 17.1 Å². The molecule has 5 rings (SSSR count). The van der Waals surface area contributed by atoms with Crippen LogP contribution in [0.5, 0.6) is 0 Å². The number of hydrogen-bond acceptors (Lipinski definition) is 8. The second-order valence-electron chi connectivity index (χ2n) is 10.2. The van der Waals surface area contributed by atoms with E-state index in [4.69, 9.17) is 9.51 Å². The number of hydrogen-bond donors (Lipinski definition) is 1. The van der Waals surface area contributed by atoms with Gasteiger partial charge in [0.25, 0.3) is 11.7 Å². The Hall–Kier alpha value is -3.76. The van der Waals surface area contributed by atoms with Crippen LogP contribution in [0.1, 0.15) is 56.5 Å². The average Bonchev–Trinajstić information content (AvgIpc) is 3.55.